The number of carbonyl (C=O) groups is 1. The van der Waals surface area contributed by atoms with E-state index in [0.717, 1.165) is 31.0 Å². The van der Waals surface area contributed by atoms with Crippen molar-refractivity contribution in [2.45, 2.75) is 56.6 Å². The molecule has 2 aromatic carbocycles. The van der Waals surface area contributed by atoms with Gasteiger partial charge in [-0.15, -0.1) is 10.2 Å². The van der Waals surface area contributed by atoms with Gasteiger partial charge in [-0.05, 0) is 63.0 Å². The van der Waals surface area contributed by atoms with E-state index in [-0.39, 0.29) is 11.7 Å². The number of hydrogen-bond donors (Lipinski definition) is 1. The van der Waals surface area contributed by atoms with Crippen molar-refractivity contribution in [3.63, 3.8) is 0 Å². The summed E-state index contributed by atoms with van der Waals surface area (Å²) in [5.74, 6) is 0.379. The van der Waals surface area contributed by atoms with Gasteiger partial charge in [-0.25, -0.2) is 4.39 Å². The predicted molar refractivity (Wildman–Crippen MR) is 130 cm³/mol. The van der Waals surface area contributed by atoms with Crippen LogP contribution in [0.15, 0.2) is 53.7 Å². The molecule has 1 amide bonds. The van der Waals surface area contributed by atoms with Crippen molar-refractivity contribution >= 4 is 23.4 Å². The van der Waals surface area contributed by atoms with Gasteiger partial charge in [-0.2, -0.15) is 0 Å². The van der Waals surface area contributed by atoms with Gasteiger partial charge in [0.25, 0.3) is 0 Å². The molecule has 1 saturated heterocycles. The van der Waals surface area contributed by atoms with Crippen LogP contribution in [0.3, 0.4) is 0 Å². The van der Waals surface area contributed by atoms with Crippen molar-refractivity contribution in [2.24, 2.45) is 0 Å². The number of nitrogens with one attached hydrogen (secondary N) is 1. The molecule has 1 fully saturated rings. The van der Waals surface area contributed by atoms with Crippen LogP contribution in [0.25, 0.3) is 0 Å². The highest BCUT2D eigenvalue weighted by molar-refractivity contribution is 8.00. The van der Waals surface area contributed by atoms with Crippen LogP contribution in [-0.2, 0) is 17.9 Å². The second-order valence-corrected chi connectivity index (χ2v) is 9.83. The van der Waals surface area contributed by atoms with E-state index in [9.17, 15) is 9.18 Å². The number of carbonyl (C=O) groups excluding carboxylic acids is 1. The fourth-order valence-corrected chi connectivity index (χ4v) is 4.76. The van der Waals surface area contributed by atoms with Crippen LogP contribution in [0.2, 0.25) is 0 Å². The van der Waals surface area contributed by atoms with Crippen LogP contribution in [0.1, 0.15) is 43.1 Å². The minimum atomic E-state index is -0.420. The first-order valence-corrected chi connectivity index (χ1v) is 12.3. The highest BCUT2D eigenvalue weighted by Crippen LogP contribution is 2.26. The molecule has 1 aliphatic rings. The van der Waals surface area contributed by atoms with Crippen LogP contribution in [0, 0.1) is 12.7 Å². The molecular weight excluding hydrogens is 437 g/mol. The average molecular weight is 468 g/mol. The molecule has 33 heavy (non-hydrogen) atoms. The number of halogens is 1. The molecule has 0 radical (unpaired) electrons. The van der Waals surface area contributed by atoms with Gasteiger partial charge in [0.15, 0.2) is 5.16 Å². The smallest absolute Gasteiger partial charge is 0.237 e. The molecule has 1 N–H and O–H groups in total. The van der Waals surface area contributed by atoms with E-state index in [1.807, 2.05) is 25.1 Å². The summed E-state index contributed by atoms with van der Waals surface area (Å²) in [6.07, 6.45) is 3.71. The molecule has 0 spiro atoms. The summed E-state index contributed by atoms with van der Waals surface area (Å²) in [5, 5.41) is 12.0. The number of benzene rings is 2. The molecule has 174 valence electrons. The highest BCUT2D eigenvalue weighted by Gasteiger charge is 2.22. The molecule has 3 aromatic rings. The number of nitrogens with zero attached hydrogens (tertiary/aromatic N) is 4. The van der Waals surface area contributed by atoms with E-state index in [0.29, 0.717) is 23.0 Å². The Bertz CT molecular complexity index is 1080. The number of hydrogen-bond acceptors (Lipinski definition) is 5. The topological polar surface area (TPSA) is 63.1 Å². The lowest BCUT2D eigenvalue weighted by Gasteiger charge is -2.26. The second-order valence-electron chi connectivity index (χ2n) is 8.52. The number of piperidine rings is 1. The zero-order valence-electron chi connectivity index (χ0n) is 19.1. The molecule has 1 aromatic heterocycles. The summed E-state index contributed by atoms with van der Waals surface area (Å²) >= 11 is 1.37. The summed E-state index contributed by atoms with van der Waals surface area (Å²) < 4.78 is 16.0. The summed E-state index contributed by atoms with van der Waals surface area (Å²) in [4.78, 5) is 15.2. The Kier molecular flexibility index (Phi) is 7.77. The Morgan fingerprint density at radius 3 is 2.58 bits per heavy atom. The van der Waals surface area contributed by atoms with Gasteiger partial charge in [0, 0.05) is 5.69 Å². The maximum absolute atomic E-state index is 13.9. The largest absolute Gasteiger partial charge is 0.325 e. The summed E-state index contributed by atoms with van der Waals surface area (Å²) in [7, 11) is 0. The molecule has 4 rings (SSSR count). The fourth-order valence-electron chi connectivity index (χ4n) is 3.89. The maximum Gasteiger partial charge on any atom is 0.237 e. The van der Waals surface area contributed by atoms with Crippen LogP contribution in [-0.4, -0.2) is 43.9 Å². The number of rotatable bonds is 8. The standard InChI is InChI=1S/C25H30FN5OS/c1-18-11-12-21(15-22(18)26)27-24(32)19(2)33-25-29-28-23(17-30-13-7-4-8-14-30)31(25)16-20-9-5-3-6-10-20/h3,5-6,9-12,15,19H,4,7-8,13-14,16-17H2,1-2H3,(H,27,32). The summed E-state index contributed by atoms with van der Waals surface area (Å²) in [6.45, 7) is 7.08. The van der Waals surface area contributed by atoms with Gasteiger partial charge in [0.2, 0.25) is 5.91 Å². The zero-order valence-corrected chi connectivity index (χ0v) is 19.9. The van der Waals surface area contributed by atoms with Crippen molar-refractivity contribution in [3.05, 3.63) is 71.3 Å². The number of likely N-dealkylation sites (tertiary alicyclic amines) is 1. The Morgan fingerprint density at radius 2 is 1.85 bits per heavy atom. The Morgan fingerprint density at radius 1 is 1.09 bits per heavy atom. The number of aromatic nitrogens is 3. The van der Waals surface area contributed by atoms with E-state index in [1.165, 1.54) is 37.1 Å². The van der Waals surface area contributed by atoms with Crippen molar-refractivity contribution in [1.82, 2.24) is 19.7 Å². The first kappa shape index (κ1) is 23.4. The summed E-state index contributed by atoms with van der Waals surface area (Å²) in [6, 6.07) is 14.9. The minimum absolute atomic E-state index is 0.199. The molecular formula is C25H30FN5OS. The number of anilines is 1. The molecule has 6 nitrogen and oxygen atoms in total. The summed E-state index contributed by atoms with van der Waals surface area (Å²) in [5.41, 5.74) is 2.16. The molecule has 8 heteroatoms. The van der Waals surface area contributed by atoms with Crippen LogP contribution in [0.5, 0.6) is 0 Å². The van der Waals surface area contributed by atoms with Crippen LogP contribution < -0.4 is 5.32 Å². The average Bonchev–Trinajstić information content (AvgIpc) is 3.18. The number of aryl methyl sites for hydroxylation is 1. The van der Waals surface area contributed by atoms with Crippen molar-refractivity contribution < 1.29 is 9.18 Å². The quantitative estimate of drug-likeness (QED) is 0.479. The van der Waals surface area contributed by atoms with E-state index >= 15 is 0 Å². The third-order valence-electron chi connectivity index (χ3n) is 5.88. The molecule has 0 bridgehead atoms. The lowest BCUT2D eigenvalue weighted by molar-refractivity contribution is -0.115. The van der Waals surface area contributed by atoms with E-state index in [4.69, 9.17) is 0 Å². The minimum Gasteiger partial charge on any atom is -0.325 e. The van der Waals surface area contributed by atoms with E-state index in [1.54, 1.807) is 19.1 Å². The SMILES string of the molecule is Cc1ccc(NC(=O)C(C)Sc2nnc(CN3CCCCC3)n2Cc2ccccc2)cc1F. The zero-order chi connectivity index (χ0) is 23.2. The Balaban J connectivity index is 1.50. The van der Waals surface area contributed by atoms with Crippen LogP contribution >= 0.6 is 11.8 Å². The highest BCUT2D eigenvalue weighted by atomic mass is 32.2. The van der Waals surface area contributed by atoms with Gasteiger partial charge in [-0.3, -0.25) is 9.69 Å². The van der Waals surface area contributed by atoms with Crippen molar-refractivity contribution in [1.29, 1.82) is 0 Å². The van der Waals surface area contributed by atoms with Gasteiger partial charge >= 0.3 is 0 Å². The van der Waals surface area contributed by atoms with Crippen molar-refractivity contribution in [3.8, 4) is 0 Å². The van der Waals surface area contributed by atoms with E-state index in [2.05, 4.69) is 37.1 Å². The predicted octanol–water partition coefficient (Wildman–Crippen LogP) is 4.88. The molecule has 0 saturated carbocycles. The second kappa shape index (κ2) is 10.9. The Hall–Kier alpha value is -2.71. The third kappa shape index (κ3) is 6.21. The Labute approximate surface area is 198 Å². The third-order valence-corrected chi connectivity index (χ3v) is 6.96. The van der Waals surface area contributed by atoms with Crippen molar-refractivity contribution in [2.75, 3.05) is 18.4 Å². The number of thioether (sulfide) groups is 1. The lowest BCUT2D eigenvalue weighted by Crippen LogP contribution is -2.30. The van der Waals surface area contributed by atoms with Gasteiger partial charge in [-0.1, -0.05) is 54.6 Å². The van der Waals surface area contributed by atoms with Gasteiger partial charge in [0.1, 0.15) is 11.6 Å². The molecule has 1 aliphatic heterocycles. The molecule has 1 unspecified atom stereocenters. The molecule has 0 aliphatic carbocycles. The first-order valence-electron chi connectivity index (χ1n) is 11.4. The lowest BCUT2D eigenvalue weighted by atomic mass is 10.1. The van der Waals surface area contributed by atoms with E-state index < -0.39 is 5.25 Å². The first-order chi connectivity index (χ1) is 16.0. The fraction of sp³-hybridized carbons (Fsp3) is 0.400. The monoisotopic (exact) mass is 467 g/mol. The van der Waals surface area contributed by atoms with Crippen LogP contribution in [0.4, 0.5) is 10.1 Å². The normalized spacial score (nSPS) is 15.4. The number of amides is 1. The molecule has 1 atom stereocenters. The van der Waals surface area contributed by atoms with Gasteiger partial charge < -0.3 is 9.88 Å². The molecule has 2 heterocycles. The maximum atomic E-state index is 13.9. The van der Waals surface area contributed by atoms with Gasteiger partial charge in [0.05, 0.1) is 18.3 Å².